The van der Waals surface area contributed by atoms with Crippen LogP contribution in [0.3, 0.4) is 0 Å². The van der Waals surface area contributed by atoms with Crippen molar-refractivity contribution in [2.45, 2.75) is 24.9 Å². The van der Waals surface area contributed by atoms with E-state index in [0.717, 1.165) is 0 Å². The number of nitrogens with zero attached hydrogens (tertiary/aromatic N) is 1. The minimum atomic E-state index is -1.35. The van der Waals surface area contributed by atoms with Crippen LogP contribution in [0.4, 0.5) is 4.79 Å². The minimum absolute atomic E-state index is 0.0323. The number of aliphatic carboxylic acids is 1. The van der Waals surface area contributed by atoms with Crippen LogP contribution in [0.1, 0.15) is 13.3 Å². The first-order valence-electron chi connectivity index (χ1n) is 5.40. The van der Waals surface area contributed by atoms with Crippen LogP contribution in [-0.2, 0) is 9.53 Å². The van der Waals surface area contributed by atoms with E-state index in [4.69, 9.17) is 14.9 Å². The molecule has 1 heterocycles. The molecule has 0 aliphatic carbocycles. The zero-order valence-electron chi connectivity index (χ0n) is 9.97. The average molecular weight is 246 g/mol. The second-order valence-corrected chi connectivity index (χ2v) is 4.26. The molecule has 0 radical (unpaired) electrons. The Kier molecular flexibility index (Phi) is 4.30. The molecular formula is C10H18N2O5. The number of carboxylic acids is 1. The fourth-order valence-electron chi connectivity index (χ4n) is 1.50. The molecule has 0 aromatic rings. The van der Waals surface area contributed by atoms with E-state index in [0.29, 0.717) is 6.61 Å². The lowest BCUT2D eigenvalue weighted by molar-refractivity contribution is -0.144. The number of carboxylic acid groups (broad SMARTS) is 1. The Morgan fingerprint density at radius 1 is 1.59 bits per heavy atom. The Hall–Kier alpha value is -1.34. The SMILES string of the molecule is CC(CO)N(C)C(=O)NC1(C(=O)O)CCOC1. The number of likely N-dealkylation sites (N-methyl/N-ethyl adjacent to an activating group) is 1. The molecule has 0 spiro atoms. The van der Waals surface area contributed by atoms with E-state index < -0.39 is 17.5 Å². The van der Waals surface area contributed by atoms with E-state index in [1.54, 1.807) is 6.92 Å². The highest BCUT2D eigenvalue weighted by Crippen LogP contribution is 2.19. The molecule has 2 amide bonds. The molecule has 0 aromatic heterocycles. The van der Waals surface area contributed by atoms with Gasteiger partial charge in [0.25, 0.3) is 0 Å². The van der Waals surface area contributed by atoms with Crippen molar-refractivity contribution in [1.82, 2.24) is 10.2 Å². The van der Waals surface area contributed by atoms with Crippen LogP contribution in [0.2, 0.25) is 0 Å². The number of carbonyl (C=O) groups is 2. The first-order valence-corrected chi connectivity index (χ1v) is 5.40. The third-order valence-corrected chi connectivity index (χ3v) is 3.02. The van der Waals surface area contributed by atoms with Gasteiger partial charge in [0.1, 0.15) is 0 Å². The van der Waals surface area contributed by atoms with Gasteiger partial charge in [-0.3, -0.25) is 0 Å². The van der Waals surface area contributed by atoms with Crippen LogP contribution in [0, 0.1) is 0 Å². The maximum Gasteiger partial charge on any atom is 0.332 e. The Balaban J connectivity index is 2.68. The summed E-state index contributed by atoms with van der Waals surface area (Å²) in [5.41, 5.74) is -1.35. The lowest BCUT2D eigenvalue weighted by Gasteiger charge is -2.29. The highest BCUT2D eigenvalue weighted by atomic mass is 16.5. The van der Waals surface area contributed by atoms with E-state index in [2.05, 4.69) is 5.32 Å². The second kappa shape index (κ2) is 5.33. The largest absolute Gasteiger partial charge is 0.479 e. The smallest absolute Gasteiger partial charge is 0.332 e. The number of urea groups is 1. The number of ether oxygens (including phenoxy) is 1. The standard InChI is InChI=1S/C10H18N2O5/c1-7(5-13)12(2)9(16)11-10(8(14)15)3-4-17-6-10/h7,13H,3-6H2,1-2H3,(H,11,16)(H,14,15). The van der Waals surface area contributed by atoms with E-state index in [1.165, 1.54) is 11.9 Å². The Morgan fingerprint density at radius 3 is 2.65 bits per heavy atom. The Labute approximate surface area is 99.4 Å². The number of rotatable bonds is 4. The number of nitrogens with one attached hydrogen (secondary N) is 1. The van der Waals surface area contributed by atoms with Gasteiger partial charge < -0.3 is 25.2 Å². The predicted octanol–water partition coefficient (Wildman–Crippen LogP) is -0.748. The van der Waals surface area contributed by atoms with Crippen molar-refractivity contribution in [3.8, 4) is 0 Å². The topological polar surface area (TPSA) is 99.1 Å². The van der Waals surface area contributed by atoms with Crippen molar-refractivity contribution in [1.29, 1.82) is 0 Å². The zero-order chi connectivity index (χ0) is 13.1. The van der Waals surface area contributed by atoms with Gasteiger partial charge in [-0.2, -0.15) is 0 Å². The molecule has 3 N–H and O–H groups in total. The second-order valence-electron chi connectivity index (χ2n) is 4.26. The molecule has 0 saturated carbocycles. The first kappa shape index (κ1) is 13.7. The molecule has 2 unspecified atom stereocenters. The summed E-state index contributed by atoms with van der Waals surface area (Å²) in [6.45, 7) is 1.76. The van der Waals surface area contributed by atoms with Crippen LogP contribution in [-0.4, -0.2) is 65.6 Å². The van der Waals surface area contributed by atoms with Gasteiger partial charge in [0.2, 0.25) is 0 Å². The quantitative estimate of drug-likeness (QED) is 0.606. The van der Waals surface area contributed by atoms with Crippen LogP contribution >= 0.6 is 0 Å². The van der Waals surface area contributed by atoms with Crippen molar-refractivity contribution in [3.05, 3.63) is 0 Å². The molecular weight excluding hydrogens is 228 g/mol. The summed E-state index contributed by atoms with van der Waals surface area (Å²) in [7, 11) is 1.50. The number of amides is 2. The molecule has 1 saturated heterocycles. The summed E-state index contributed by atoms with van der Waals surface area (Å²) in [6.07, 6.45) is 0.245. The van der Waals surface area contributed by atoms with Gasteiger partial charge in [0.05, 0.1) is 19.3 Å². The molecule has 0 aromatic carbocycles. The lowest BCUT2D eigenvalue weighted by Crippen LogP contribution is -2.59. The molecule has 17 heavy (non-hydrogen) atoms. The van der Waals surface area contributed by atoms with Crippen molar-refractivity contribution in [2.24, 2.45) is 0 Å². The van der Waals surface area contributed by atoms with Gasteiger partial charge in [0.15, 0.2) is 5.54 Å². The molecule has 1 aliphatic heterocycles. The number of hydrogen-bond acceptors (Lipinski definition) is 4. The highest BCUT2D eigenvalue weighted by Gasteiger charge is 2.44. The lowest BCUT2D eigenvalue weighted by atomic mass is 9.99. The summed E-state index contributed by atoms with van der Waals surface area (Å²) in [5.74, 6) is -1.10. The molecule has 0 bridgehead atoms. The molecule has 7 nitrogen and oxygen atoms in total. The van der Waals surface area contributed by atoms with Gasteiger partial charge in [-0.15, -0.1) is 0 Å². The van der Waals surface area contributed by atoms with E-state index >= 15 is 0 Å². The van der Waals surface area contributed by atoms with Gasteiger partial charge in [-0.25, -0.2) is 9.59 Å². The minimum Gasteiger partial charge on any atom is -0.479 e. The Bertz CT molecular complexity index is 301. The van der Waals surface area contributed by atoms with Crippen molar-refractivity contribution in [3.63, 3.8) is 0 Å². The fraction of sp³-hybridized carbons (Fsp3) is 0.800. The van der Waals surface area contributed by atoms with E-state index in [9.17, 15) is 9.59 Å². The third kappa shape index (κ3) is 2.86. The number of aliphatic hydroxyl groups is 1. The third-order valence-electron chi connectivity index (χ3n) is 3.02. The number of aliphatic hydroxyl groups excluding tert-OH is 1. The van der Waals surface area contributed by atoms with Crippen molar-refractivity contribution >= 4 is 12.0 Å². The highest BCUT2D eigenvalue weighted by molar-refractivity contribution is 5.86. The molecule has 1 rings (SSSR count). The zero-order valence-corrected chi connectivity index (χ0v) is 9.97. The van der Waals surface area contributed by atoms with E-state index in [-0.39, 0.29) is 25.7 Å². The molecule has 1 fully saturated rings. The summed E-state index contributed by atoms with van der Waals surface area (Å²) in [6, 6.07) is -0.900. The van der Waals surface area contributed by atoms with Crippen LogP contribution in [0.25, 0.3) is 0 Å². The monoisotopic (exact) mass is 246 g/mol. The van der Waals surface area contributed by atoms with Crippen molar-refractivity contribution < 1.29 is 24.5 Å². The number of hydrogen-bond donors (Lipinski definition) is 3. The van der Waals surface area contributed by atoms with Crippen LogP contribution < -0.4 is 5.32 Å². The van der Waals surface area contributed by atoms with Gasteiger partial charge in [-0.05, 0) is 6.92 Å². The maximum atomic E-state index is 11.8. The van der Waals surface area contributed by atoms with Crippen LogP contribution in [0.15, 0.2) is 0 Å². The average Bonchev–Trinajstić information content (AvgIpc) is 2.76. The summed E-state index contributed by atoms with van der Waals surface area (Å²) in [5, 5.41) is 20.5. The molecule has 2 atom stereocenters. The normalized spacial score (nSPS) is 25.4. The van der Waals surface area contributed by atoms with Crippen molar-refractivity contribution in [2.75, 3.05) is 26.9 Å². The van der Waals surface area contributed by atoms with Crippen LogP contribution in [0.5, 0.6) is 0 Å². The fourth-order valence-corrected chi connectivity index (χ4v) is 1.50. The van der Waals surface area contributed by atoms with Gasteiger partial charge in [0, 0.05) is 20.1 Å². The van der Waals surface area contributed by atoms with Gasteiger partial charge in [-0.1, -0.05) is 0 Å². The molecule has 1 aliphatic rings. The van der Waals surface area contributed by atoms with Gasteiger partial charge >= 0.3 is 12.0 Å². The predicted molar refractivity (Wildman–Crippen MR) is 58.6 cm³/mol. The number of carbonyl (C=O) groups excluding carboxylic acids is 1. The Morgan fingerprint density at radius 2 is 2.24 bits per heavy atom. The molecule has 98 valence electrons. The first-order chi connectivity index (χ1) is 7.93. The maximum absolute atomic E-state index is 11.8. The summed E-state index contributed by atoms with van der Waals surface area (Å²) >= 11 is 0. The summed E-state index contributed by atoms with van der Waals surface area (Å²) in [4.78, 5) is 24.2. The molecule has 7 heteroatoms. The summed E-state index contributed by atoms with van der Waals surface area (Å²) < 4.78 is 5.03. The van der Waals surface area contributed by atoms with E-state index in [1.807, 2.05) is 0 Å².